The van der Waals surface area contributed by atoms with Crippen LogP contribution < -0.4 is 4.90 Å². The van der Waals surface area contributed by atoms with E-state index in [1.165, 1.54) is 71.3 Å². The van der Waals surface area contributed by atoms with Gasteiger partial charge in [0.05, 0.1) is 11.2 Å². The van der Waals surface area contributed by atoms with Crippen LogP contribution in [0.15, 0.2) is 176 Å². The topological polar surface area (TPSA) is 8.17 Å². The van der Waals surface area contributed by atoms with Crippen molar-refractivity contribution in [2.24, 2.45) is 0 Å². The van der Waals surface area contributed by atoms with Crippen molar-refractivity contribution < 1.29 is 0 Å². The molecule has 8 aromatic carbocycles. The zero-order valence-corrected chi connectivity index (χ0v) is 27.6. The molecule has 0 amide bonds. The standard InChI is InChI=1S/C48H34N2/c1-3-15-33(16-4-1)36-29-38(32-39(30-36)50-45-25-13-11-21-41(45)42-22-12-14-26-46(42)50)49(37-18-5-2-6-19-37)47-31-35-28-27-34-17-7-8-20-40(34)48(35)44-24-10-9-23-43(44)47/h1-13,15-25,27-32H,14,26H2. The van der Waals surface area contributed by atoms with Gasteiger partial charge in [0.25, 0.3) is 0 Å². The van der Waals surface area contributed by atoms with Gasteiger partial charge < -0.3 is 9.47 Å². The van der Waals surface area contributed by atoms with Gasteiger partial charge in [-0.1, -0.05) is 140 Å². The Morgan fingerprint density at radius 2 is 1.16 bits per heavy atom. The summed E-state index contributed by atoms with van der Waals surface area (Å²) in [7, 11) is 0. The maximum absolute atomic E-state index is 2.51. The second kappa shape index (κ2) is 11.6. The van der Waals surface area contributed by atoms with Gasteiger partial charge in [0.1, 0.15) is 0 Å². The minimum Gasteiger partial charge on any atom is -0.313 e. The van der Waals surface area contributed by atoms with E-state index in [-0.39, 0.29) is 0 Å². The van der Waals surface area contributed by atoms with E-state index in [0.29, 0.717) is 0 Å². The number of nitrogens with zero attached hydrogens (tertiary/aromatic N) is 2. The van der Waals surface area contributed by atoms with Gasteiger partial charge in [-0.25, -0.2) is 0 Å². The first-order chi connectivity index (χ1) is 24.8. The quantitative estimate of drug-likeness (QED) is 0.170. The highest BCUT2D eigenvalue weighted by Crippen LogP contribution is 2.45. The largest absolute Gasteiger partial charge is 0.313 e. The molecule has 0 bridgehead atoms. The van der Waals surface area contributed by atoms with Crippen LogP contribution in [0.1, 0.15) is 17.7 Å². The average molecular weight is 639 g/mol. The van der Waals surface area contributed by atoms with E-state index < -0.39 is 0 Å². The summed E-state index contributed by atoms with van der Waals surface area (Å²) in [5, 5.41) is 8.86. The van der Waals surface area contributed by atoms with Gasteiger partial charge in [0.2, 0.25) is 0 Å². The second-order valence-electron chi connectivity index (χ2n) is 13.3. The Labute approximate surface area is 291 Å². The Morgan fingerprint density at radius 3 is 2.00 bits per heavy atom. The molecule has 0 atom stereocenters. The molecule has 0 N–H and O–H groups in total. The summed E-state index contributed by atoms with van der Waals surface area (Å²) in [6, 6.07) is 62.2. The fourth-order valence-electron chi connectivity index (χ4n) is 8.17. The van der Waals surface area contributed by atoms with Gasteiger partial charge in [0, 0.05) is 39.1 Å². The maximum atomic E-state index is 2.51. The molecule has 236 valence electrons. The number of aromatic nitrogens is 1. The van der Waals surface area contributed by atoms with Crippen LogP contribution >= 0.6 is 0 Å². The number of benzene rings is 8. The molecule has 1 aromatic heterocycles. The van der Waals surface area contributed by atoms with Crippen molar-refractivity contribution in [3.05, 3.63) is 187 Å². The molecule has 0 saturated heterocycles. The smallest absolute Gasteiger partial charge is 0.0546 e. The van der Waals surface area contributed by atoms with Crippen LogP contribution in [0, 0.1) is 0 Å². The molecule has 1 aliphatic carbocycles. The monoisotopic (exact) mass is 638 g/mol. The lowest BCUT2D eigenvalue weighted by atomic mass is 9.94. The lowest BCUT2D eigenvalue weighted by Gasteiger charge is -2.29. The molecule has 0 fully saturated rings. The first-order valence-electron chi connectivity index (χ1n) is 17.5. The van der Waals surface area contributed by atoms with Crippen LogP contribution in [-0.2, 0) is 6.42 Å². The van der Waals surface area contributed by atoms with E-state index in [2.05, 4.69) is 191 Å². The Morgan fingerprint density at radius 1 is 0.480 bits per heavy atom. The number of anilines is 3. The van der Waals surface area contributed by atoms with Crippen molar-refractivity contribution in [2.75, 3.05) is 4.90 Å². The van der Waals surface area contributed by atoms with Gasteiger partial charge in [0.15, 0.2) is 0 Å². The molecular weight excluding hydrogens is 605 g/mol. The summed E-state index contributed by atoms with van der Waals surface area (Å²) in [5.74, 6) is 0. The number of hydrogen-bond donors (Lipinski definition) is 0. The molecule has 0 saturated carbocycles. The Bertz CT molecular complexity index is 2750. The SMILES string of the molecule is C1=Cc2c(n(-c3cc(-c4ccccc4)cc(N(c4ccccc4)c4cc5ccc6ccccc6c5c5ccccc45)c3)c3ccccc23)CC1. The predicted molar refractivity (Wildman–Crippen MR) is 213 cm³/mol. The van der Waals surface area contributed by atoms with E-state index in [1.54, 1.807) is 0 Å². The first kappa shape index (κ1) is 28.6. The Balaban J connectivity index is 1.30. The second-order valence-corrected chi connectivity index (χ2v) is 13.3. The molecule has 0 unspecified atom stereocenters. The summed E-state index contributed by atoms with van der Waals surface area (Å²) in [6.07, 6.45) is 6.69. The summed E-state index contributed by atoms with van der Waals surface area (Å²) in [4.78, 5) is 2.46. The van der Waals surface area contributed by atoms with Gasteiger partial charge in [-0.05, 0) is 93.4 Å². The number of para-hydroxylation sites is 2. The lowest BCUT2D eigenvalue weighted by Crippen LogP contribution is -2.12. The highest BCUT2D eigenvalue weighted by molar-refractivity contribution is 6.23. The van der Waals surface area contributed by atoms with Gasteiger partial charge in [-0.2, -0.15) is 0 Å². The minimum absolute atomic E-state index is 1.01. The molecular formula is C48H34N2. The molecule has 1 heterocycles. The normalized spacial score (nSPS) is 12.6. The molecule has 2 heteroatoms. The third-order valence-electron chi connectivity index (χ3n) is 10.4. The minimum atomic E-state index is 1.01. The van der Waals surface area contributed by atoms with Crippen molar-refractivity contribution in [3.8, 4) is 16.8 Å². The molecule has 1 aliphatic rings. The third kappa shape index (κ3) is 4.57. The predicted octanol–water partition coefficient (Wildman–Crippen LogP) is 13.2. The zero-order chi connectivity index (χ0) is 33.0. The lowest BCUT2D eigenvalue weighted by molar-refractivity contribution is 0.888. The van der Waals surface area contributed by atoms with Crippen molar-refractivity contribution in [3.63, 3.8) is 0 Å². The summed E-state index contributed by atoms with van der Waals surface area (Å²) in [5.41, 5.74) is 10.9. The van der Waals surface area contributed by atoms with Crippen molar-refractivity contribution in [1.29, 1.82) is 0 Å². The summed E-state index contributed by atoms with van der Waals surface area (Å²) >= 11 is 0. The van der Waals surface area contributed by atoms with Crippen LogP contribution in [0.2, 0.25) is 0 Å². The molecule has 0 spiro atoms. The van der Waals surface area contributed by atoms with E-state index in [1.807, 2.05) is 0 Å². The first-order valence-corrected chi connectivity index (χ1v) is 17.5. The maximum Gasteiger partial charge on any atom is 0.0546 e. The van der Waals surface area contributed by atoms with Crippen LogP contribution in [0.25, 0.3) is 66.1 Å². The van der Waals surface area contributed by atoms with Crippen LogP contribution in [0.4, 0.5) is 17.1 Å². The van der Waals surface area contributed by atoms with Gasteiger partial charge >= 0.3 is 0 Å². The summed E-state index contributed by atoms with van der Waals surface area (Å²) in [6.45, 7) is 0. The summed E-state index contributed by atoms with van der Waals surface area (Å²) < 4.78 is 2.51. The molecule has 10 rings (SSSR count). The Hall–Kier alpha value is -6.38. The van der Waals surface area contributed by atoms with E-state index in [9.17, 15) is 0 Å². The highest BCUT2D eigenvalue weighted by atomic mass is 15.1. The van der Waals surface area contributed by atoms with E-state index in [4.69, 9.17) is 0 Å². The van der Waals surface area contributed by atoms with E-state index >= 15 is 0 Å². The Kier molecular flexibility index (Phi) is 6.67. The fraction of sp³-hybridized carbons (Fsp3) is 0.0417. The van der Waals surface area contributed by atoms with E-state index in [0.717, 1.165) is 29.9 Å². The molecule has 0 aliphatic heterocycles. The molecule has 0 radical (unpaired) electrons. The van der Waals surface area contributed by atoms with Gasteiger partial charge in [-0.15, -0.1) is 0 Å². The van der Waals surface area contributed by atoms with Crippen LogP contribution in [0.5, 0.6) is 0 Å². The number of rotatable bonds is 5. The number of hydrogen-bond acceptors (Lipinski definition) is 1. The number of allylic oxidation sites excluding steroid dienone is 1. The molecule has 2 nitrogen and oxygen atoms in total. The van der Waals surface area contributed by atoms with Crippen LogP contribution in [0.3, 0.4) is 0 Å². The van der Waals surface area contributed by atoms with Crippen molar-refractivity contribution in [2.45, 2.75) is 12.8 Å². The van der Waals surface area contributed by atoms with Gasteiger partial charge in [-0.3, -0.25) is 0 Å². The number of fused-ring (bicyclic) bond motifs is 8. The third-order valence-corrected chi connectivity index (χ3v) is 10.4. The molecule has 50 heavy (non-hydrogen) atoms. The zero-order valence-electron chi connectivity index (χ0n) is 27.6. The highest BCUT2D eigenvalue weighted by Gasteiger charge is 2.23. The fourth-order valence-corrected chi connectivity index (χ4v) is 8.17. The van der Waals surface area contributed by atoms with Crippen LogP contribution in [-0.4, -0.2) is 4.57 Å². The van der Waals surface area contributed by atoms with Crippen molar-refractivity contribution in [1.82, 2.24) is 4.57 Å². The van der Waals surface area contributed by atoms with Crippen molar-refractivity contribution >= 4 is 66.4 Å². The average Bonchev–Trinajstić information content (AvgIpc) is 3.53. The molecule has 9 aromatic rings.